The number of fused-ring (bicyclic) bond motifs is 3. The third-order valence-corrected chi connectivity index (χ3v) is 8.03. The fourth-order valence-electron chi connectivity index (χ4n) is 5.90. The van der Waals surface area contributed by atoms with E-state index in [0.717, 1.165) is 75.0 Å². The largest absolute Gasteiger partial charge is 0.454 e. The van der Waals surface area contributed by atoms with Crippen molar-refractivity contribution < 1.29 is 9.47 Å². The Morgan fingerprint density at radius 3 is 2.78 bits per heavy atom. The molecule has 8 rings (SSSR count). The van der Waals surface area contributed by atoms with Crippen LogP contribution in [0.5, 0.6) is 11.5 Å². The zero-order valence-electron chi connectivity index (χ0n) is 22.4. The van der Waals surface area contributed by atoms with Crippen LogP contribution in [0.2, 0.25) is 0 Å². The molecular formula is C31H28N8O2. The van der Waals surface area contributed by atoms with Crippen LogP contribution in [0.3, 0.4) is 0 Å². The van der Waals surface area contributed by atoms with Gasteiger partial charge in [0.25, 0.3) is 0 Å². The molecule has 1 aliphatic heterocycles. The summed E-state index contributed by atoms with van der Waals surface area (Å²) in [6, 6.07) is 14.0. The summed E-state index contributed by atoms with van der Waals surface area (Å²) in [7, 11) is 0. The van der Waals surface area contributed by atoms with Crippen molar-refractivity contribution in [3.05, 3.63) is 66.6 Å². The van der Waals surface area contributed by atoms with Crippen molar-refractivity contribution in [3.63, 3.8) is 0 Å². The third kappa shape index (κ3) is 4.46. The highest BCUT2D eigenvalue weighted by atomic mass is 16.7. The molecule has 0 radical (unpaired) electrons. The van der Waals surface area contributed by atoms with E-state index in [-0.39, 0.29) is 6.79 Å². The minimum absolute atomic E-state index is 0.232. The maximum atomic E-state index is 5.58. The van der Waals surface area contributed by atoms with E-state index >= 15 is 0 Å². The van der Waals surface area contributed by atoms with Gasteiger partial charge < -0.3 is 19.8 Å². The lowest BCUT2D eigenvalue weighted by Gasteiger charge is -2.11. The van der Waals surface area contributed by atoms with Crippen molar-refractivity contribution >= 4 is 22.2 Å². The average molecular weight is 545 g/mol. The molecule has 1 fully saturated rings. The molecule has 2 aliphatic rings. The number of aromatic nitrogens is 7. The van der Waals surface area contributed by atoms with E-state index in [2.05, 4.69) is 36.5 Å². The van der Waals surface area contributed by atoms with E-state index in [4.69, 9.17) is 19.4 Å². The third-order valence-electron chi connectivity index (χ3n) is 8.03. The van der Waals surface area contributed by atoms with Gasteiger partial charge >= 0.3 is 0 Å². The van der Waals surface area contributed by atoms with Crippen molar-refractivity contribution in [1.82, 2.24) is 40.4 Å². The van der Waals surface area contributed by atoms with Gasteiger partial charge in [0, 0.05) is 36.3 Å². The predicted octanol–water partition coefficient (Wildman–Crippen LogP) is 5.63. The highest BCUT2D eigenvalue weighted by Gasteiger charge is 2.20. The maximum absolute atomic E-state index is 5.58. The smallest absolute Gasteiger partial charge is 0.231 e. The molecule has 0 amide bonds. The first kappa shape index (κ1) is 24.0. The molecule has 6 aromatic rings. The molecular weight excluding hydrogens is 516 g/mol. The van der Waals surface area contributed by atoms with Crippen LogP contribution < -0.4 is 14.8 Å². The standard InChI is InChI=1S/C31H28N8O2/c1-2-4-18(3-1)13-32-14-19-11-21(16-33-15-19)23-6-7-24-28(35-23)29(39-38-24)31-36-27-22(9-10-34-30(27)37-31)20-5-8-25-26(12-20)41-17-40-25/h5-12,15-16,18,32H,1-4,13-14,17H2,(H,38,39)(H,34,36,37). The number of aromatic amines is 2. The lowest BCUT2D eigenvalue weighted by atomic mass is 10.1. The molecule has 1 aromatic carbocycles. The molecule has 0 atom stereocenters. The molecule has 0 spiro atoms. The first-order valence-corrected chi connectivity index (χ1v) is 14.0. The number of nitrogens with zero attached hydrogens (tertiary/aromatic N) is 5. The Morgan fingerprint density at radius 1 is 0.902 bits per heavy atom. The number of benzene rings is 1. The van der Waals surface area contributed by atoms with Crippen molar-refractivity contribution in [2.75, 3.05) is 13.3 Å². The summed E-state index contributed by atoms with van der Waals surface area (Å²) in [4.78, 5) is 22.3. The number of imidazole rings is 1. The number of ether oxygens (including phenoxy) is 2. The lowest BCUT2D eigenvalue weighted by Crippen LogP contribution is -2.20. The molecule has 0 saturated heterocycles. The maximum Gasteiger partial charge on any atom is 0.231 e. The number of hydrogen-bond acceptors (Lipinski definition) is 8. The molecule has 1 aliphatic carbocycles. The normalized spacial score (nSPS) is 14.9. The van der Waals surface area contributed by atoms with Crippen molar-refractivity contribution in [2.24, 2.45) is 5.92 Å². The second-order valence-corrected chi connectivity index (χ2v) is 10.7. The second kappa shape index (κ2) is 9.97. The van der Waals surface area contributed by atoms with Gasteiger partial charge in [0.15, 0.2) is 28.7 Å². The molecule has 10 nitrogen and oxygen atoms in total. The molecule has 204 valence electrons. The van der Waals surface area contributed by atoms with Crippen LogP contribution in [0.4, 0.5) is 0 Å². The van der Waals surface area contributed by atoms with E-state index in [1.54, 1.807) is 6.20 Å². The first-order chi connectivity index (χ1) is 20.3. The van der Waals surface area contributed by atoms with E-state index in [9.17, 15) is 0 Å². The molecule has 5 aromatic heterocycles. The minimum Gasteiger partial charge on any atom is -0.454 e. The van der Waals surface area contributed by atoms with Gasteiger partial charge in [-0.15, -0.1) is 0 Å². The van der Waals surface area contributed by atoms with Crippen molar-refractivity contribution in [1.29, 1.82) is 0 Å². The van der Waals surface area contributed by atoms with Crippen LogP contribution in [-0.2, 0) is 6.54 Å². The minimum atomic E-state index is 0.232. The number of pyridine rings is 3. The predicted molar refractivity (Wildman–Crippen MR) is 155 cm³/mol. The average Bonchev–Trinajstić information content (AvgIpc) is 3.82. The fourth-order valence-corrected chi connectivity index (χ4v) is 5.90. The number of nitrogens with one attached hydrogen (secondary N) is 3. The van der Waals surface area contributed by atoms with E-state index < -0.39 is 0 Å². The van der Waals surface area contributed by atoms with Crippen molar-refractivity contribution in [2.45, 2.75) is 32.2 Å². The number of rotatable bonds is 7. The molecule has 6 heterocycles. The van der Waals surface area contributed by atoms with Gasteiger partial charge in [-0.25, -0.2) is 15.0 Å². The number of hydrogen-bond donors (Lipinski definition) is 3. The molecule has 3 N–H and O–H groups in total. The zero-order chi connectivity index (χ0) is 27.2. The van der Waals surface area contributed by atoms with Gasteiger partial charge in [-0.1, -0.05) is 18.9 Å². The van der Waals surface area contributed by atoms with Crippen LogP contribution in [0, 0.1) is 5.92 Å². The summed E-state index contributed by atoms with van der Waals surface area (Å²) in [5, 5.41) is 11.3. The summed E-state index contributed by atoms with van der Waals surface area (Å²) in [6.07, 6.45) is 10.9. The van der Waals surface area contributed by atoms with E-state index in [0.29, 0.717) is 17.2 Å². The Balaban J connectivity index is 1.11. The SMILES string of the molecule is c1cc(-c2ccc3c(c2)OCO3)c2nc(-c3n[nH]c4ccc(-c5cncc(CNCC6CCCC6)c5)nc34)[nH]c2n1. The summed E-state index contributed by atoms with van der Waals surface area (Å²) in [6.45, 7) is 2.10. The van der Waals surface area contributed by atoms with Gasteiger partial charge in [-0.2, -0.15) is 5.10 Å². The summed E-state index contributed by atoms with van der Waals surface area (Å²) in [5.41, 5.74) is 8.47. The molecule has 41 heavy (non-hydrogen) atoms. The quantitative estimate of drug-likeness (QED) is 0.236. The van der Waals surface area contributed by atoms with Gasteiger partial charge in [-0.3, -0.25) is 10.1 Å². The van der Waals surface area contributed by atoms with Crippen molar-refractivity contribution in [3.8, 4) is 45.4 Å². The monoisotopic (exact) mass is 544 g/mol. The second-order valence-electron chi connectivity index (χ2n) is 10.7. The van der Waals surface area contributed by atoms with Crippen LogP contribution >= 0.6 is 0 Å². The topological polar surface area (TPSA) is 127 Å². The molecule has 0 bridgehead atoms. The van der Waals surface area contributed by atoms with Gasteiger partial charge in [-0.05, 0) is 72.8 Å². The Labute approximate surface area is 235 Å². The van der Waals surface area contributed by atoms with E-state index in [1.807, 2.05) is 48.8 Å². The first-order valence-electron chi connectivity index (χ1n) is 14.0. The molecule has 1 saturated carbocycles. The van der Waals surface area contributed by atoms with Gasteiger partial charge in [0.05, 0.1) is 11.2 Å². The van der Waals surface area contributed by atoms with E-state index in [1.165, 1.54) is 25.7 Å². The Kier molecular flexibility index (Phi) is 5.84. The Morgan fingerprint density at radius 2 is 1.83 bits per heavy atom. The number of H-pyrrole nitrogens is 2. The Bertz CT molecular complexity index is 1890. The lowest BCUT2D eigenvalue weighted by molar-refractivity contribution is 0.174. The van der Waals surface area contributed by atoms with Crippen LogP contribution in [-0.4, -0.2) is 48.5 Å². The van der Waals surface area contributed by atoms with Crippen LogP contribution in [0.1, 0.15) is 31.2 Å². The van der Waals surface area contributed by atoms with Gasteiger partial charge in [0.1, 0.15) is 11.0 Å². The Hall–Kier alpha value is -4.83. The summed E-state index contributed by atoms with van der Waals surface area (Å²) < 4.78 is 11.1. The summed E-state index contributed by atoms with van der Waals surface area (Å²) >= 11 is 0. The highest BCUT2D eigenvalue weighted by molar-refractivity contribution is 5.95. The van der Waals surface area contributed by atoms with Gasteiger partial charge in [0.2, 0.25) is 6.79 Å². The highest BCUT2D eigenvalue weighted by Crippen LogP contribution is 2.38. The van der Waals surface area contributed by atoms with Crippen LogP contribution in [0.15, 0.2) is 61.1 Å². The van der Waals surface area contributed by atoms with Crippen LogP contribution in [0.25, 0.3) is 56.1 Å². The molecule has 10 heteroatoms. The zero-order valence-corrected chi connectivity index (χ0v) is 22.4. The molecule has 0 unspecified atom stereocenters. The summed E-state index contributed by atoms with van der Waals surface area (Å²) in [5.74, 6) is 2.87. The fraction of sp³-hybridized carbons (Fsp3) is 0.258.